The number of rotatable bonds is 8. The number of hydrogen-bond donors (Lipinski definition) is 1. The third-order valence-electron chi connectivity index (χ3n) is 1.84. The molecule has 0 unspecified atom stereocenters. The van der Waals surface area contributed by atoms with E-state index in [1.54, 1.807) is 0 Å². The number of thioether (sulfide) groups is 1. The maximum Gasteiger partial charge on any atom is 0.230 e. The van der Waals surface area contributed by atoms with Crippen molar-refractivity contribution in [1.82, 2.24) is 5.48 Å². The molecular formula is C11H15NO2S. The first kappa shape index (κ1) is 12.1. The van der Waals surface area contributed by atoms with Crippen LogP contribution in [0.3, 0.4) is 0 Å². The summed E-state index contributed by atoms with van der Waals surface area (Å²) in [4.78, 5) is 14.6. The highest BCUT2D eigenvalue weighted by Crippen LogP contribution is 2.06. The van der Waals surface area contributed by atoms with Crippen molar-refractivity contribution in [3.63, 3.8) is 0 Å². The van der Waals surface area contributed by atoms with E-state index in [2.05, 4.69) is 29.7 Å². The molecule has 0 spiro atoms. The number of nitrogens with one attached hydrogen (secondary N) is 1. The molecule has 0 saturated heterocycles. The normalized spacial score (nSPS) is 9.87. The van der Waals surface area contributed by atoms with Crippen LogP contribution in [0.25, 0.3) is 0 Å². The van der Waals surface area contributed by atoms with Gasteiger partial charge in [-0.25, -0.2) is 5.48 Å². The van der Waals surface area contributed by atoms with Crippen LogP contribution in [-0.4, -0.2) is 24.5 Å². The van der Waals surface area contributed by atoms with Gasteiger partial charge in [-0.15, -0.1) is 0 Å². The maximum absolute atomic E-state index is 9.84. The lowest BCUT2D eigenvalue weighted by Crippen LogP contribution is -2.13. The van der Waals surface area contributed by atoms with E-state index in [1.807, 2.05) is 17.8 Å². The van der Waals surface area contributed by atoms with E-state index < -0.39 is 0 Å². The molecule has 82 valence electrons. The molecule has 0 radical (unpaired) electrons. The monoisotopic (exact) mass is 225 g/mol. The van der Waals surface area contributed by atoms with Crippen LogP contribution >= 0.6 is 11.8 Å². The first-order valence-electron chi connectivity index (χ1n) is 4.86. The third-order valence-corrected chi connectivity index (χ3v) is 2.79. The number of hydrogen-bond acceptors (Lipinski definition) is 3. The second-order valence-corrected chi connectivity index (χ2v) is 4.16. The van der Waals surface area contributed by atoms with Crippen molar-refractivity contribution in [2.24, 2.45) is 0 Å². The Morgan fingerprint density at radius 3 is 2.80 bits per heavy atom. The van der Waals surface area contributed by atoms with E-state index in [4.69, 9.17) is 4.84 Å². The van der Waals surface area contributed by atoms with Gasteiger partial charge in [0.1, 0.15) is 0 Å². The molecule has 0 aliphatic heterocycles. The zero-order valence-corrected chi connectivity index (χ0v) is 9.33. The van der Waals surface area contributed by atoms with Gasteiger partial charge in [-0.3, -0.25) is 9.63 Å². The molecule has 0 heterocycles. The molecule has 4 heteroatoms. The standard InChI is InChI=1S/C11H15NO2S/c13-10-12-14-7-9-15-8-6-11-4-2-1-3-5-11/h1-5,10H,6-9H2,(H,12,13). The fourth-order valence-corrected chi connectivity index (χ4v) is 1.92. The van der Waals surface area contributed by atoms with Crippen LogP contribution in [0, 0.1) is 0 Å². The fraction of sp³-hybridized carbons (Fsp3) is 0.364. The summed E-state index contributed by atoms with van der Waals surface area (Å²) in [5, 5.41) is 0. The smallest absolute Gasteiger partial charge is 0.230 e. The quantitative estimate of drug-likeness (QED) is 0.415. The first-order valence-corrected chi connectivity index (χ1v) is 6.01. The summed E-state index contributed by atoms with van der Waals surface area (Å²) in [5.74, 6) is 1.97. The van der Waals surface area contributed by atoms with Crippen molar-refractivity contribution in [3.05, 3.63) is 35.9 Å². The highest BCUT2D eigenvalue weighted by molar-refractivity contribution is 7.99. The largest absolute Gasteiger partial charge is 0.277 e. The van der Waals surface area contributed by atoms with Gasteiger partial charge in [0.15, 0.2) is 0 Å². The molecule has 0 aliphatic carbocycles. The van der Waals surface area contributed by atoms with Crippen LogP contribution in [-0.2, 0) is 16.1 Å². The van der Waals surface area contributed by atoms with E-state index in [0.29, 0.717) is 13.0 Å². The molecule has 0 aromatic heterocycles. The van der Waals surface area contributed by atoms with E-state index in [0.717, 1.165) is 17.9 Å². The van der Waals surface area contributed by atoms with Crippen LogP contribution in [0.5, 0.6) is 0 Å². The Morgan fingerprint density at radius 2 is 2.07 bits per heavy atom. The summed E-state index contributed by atoms with van der Waals surface area (Å²) >= 11 is 1.82. The van der Waals surface area contributed by atoms with Gasteiger partial charge >= 0.3 is 0 Å². The maximum atomic E-state index is 9.84. The van der Waals surface area contributed by atoms with Gasteiger partial charge in [0, 0.05) is 5.75 Å². The molecule has 0 fully saturated rings. The molecule has 0 saturated carbocycles. The van der Waals surface area contributed by atoms with E-state index in [1.165, 1.54) is 5.56 Å². The SMILES string of the molecule is O=CNOCCSCCc1ccccc1. The lowest BCUT2D eigenvalue weighted by molar-refractivity contribution is -0.120. The minimum absolute atomic E-state index is 0.536. The van der Waals surface area contributed by atoms with Crippen molar-refractivity contribution < 1.29 is 9.63 Å². The van der Waals surface area contributed by atoms with Crippen LogP contribution in [0.2, 0.25) is 0 Å². The first-order chi connectivity index (χ1) is 7.43. The Balaban J connectivity index is 1.95. The van der Waals surface area contributed by atoms with Gasteiger partial charge < -0.3 is 0 Å². The molecule has 1 aromatic rings. The lowest BCUT2D eigenvalue weighted by Gasteiger charge is -2.02. The van der Waals surface area contributed by atoms with Crippen molar-refractivity contribution in [3.8, 4) is 0 Å². The zero-order chi connectivity index (χ0) is 10.8. The minimum atomic E-state index is 0.536. The summed E-state index contributed by atoms with van der Waals surface area (Å²) < 4.78 is 0. The summed E-state index contributed by atoms with van der Waals surface area (Å²) in [6.45, 7) is 0.554. The van der Waals surface area contributed by atoms with Crippen molar-refractivity contribution in [1.29, 1.82) is 0 Å². The van der Waals surface area contributed by atoms with Crippen molar-refractivity contribution in [2.45, 2.75) is 6.42 Å². The molecule has 1 N–H and O–H groups in total. The zero-order valence-electron chi connectivity index (χ0n) is 8.52. The van der Waals surface area contributed by atoms with Crippen LogP contribution in [0.4, 0.5) is 0 Å². The predicted molar refractivity (Wildman–Crippen MR) is 62.6 cm³/mol. The Hall–Kier alpha value is -1.00. The van der Waals surface area contributed by atoms with Crippen LogP contribution < -0.4 is 5.48 Å². The number of hydroxylamine groups is 1. The summed E-state index contributed by atoms with van der Waals surface area (Å²) in [5.41, 5.74) is 3.52. The van der Waals surface area contributed by atoms with Gasteiger partial charge in [-0.2, -0.15) is 11.8 Å². The lowest BCUT2D eigenvalue weighted by atomic mass is 10.2. The molecule has 0 atom stereocenters. The van der Waals surface area contributed by atoms with Crippen LogP contribution in [0.15, 0.2) is 30.3 Å². The number of carbonyl (C=O) groups excluding carboxylic acids is 1. The minimum Gasteiger partial charge on any atom is -0.277 e. The second kappa shape index (κ2) is 8.32. The van der Waals surface area contributed by atoms with Gasteiger partial charge in [0.25, 0.3) is 0 Å². The number of aryl methyl sites for hydroxylation is 1. The Labute approximate surface area is 94.2 Å². The van der Waals surface area contributed by atoms with Crippen LogP contribution in [0.1, 0.15) is 5.56 Å². The molecule has 15 heavy (non-hydrogen) atoms. The Bertz CT molecular complexity index is 267. The topological polar surface area (TPSA) is 38.3 Å². The average molecular weight is 225 g/mol. The number of carbonyl (C=O) groups is 1. The van der Waals surface area contributed by atoms with Gasteiger partial charge in [-0.1, -0.05) is 30.3 Å². The molecule has 1 amide bonds. The van der Waals surface area contributed by atoms with Crippen molar-refractivity contribution in [2.75, 3.05) is 18.1 Å². The Kier molecular flexibility index (Phi) is 6.70. The molecular weight excluding hydrogens is 210 g/mol. The number of amides is 1. The predicted octanol–water partition coefficient (Wildman–Crippen LogP) is 1.64. The summed E-state index contributed by atoms with van der Waals surface area (Å²) in [6, 6.07) is 10.4. The van der Waals surface area contributed by atoms with E-state index in [-0.39, 0.29) is 0 Å². The average Bonchev–Trinajstić information content (AvgIpc) is 2.29. The molecule has 0 aliphatic rings. The Morgan fingerprint density at radius 1 is 1.27 bits per heavy atom. The molecule has 1 rings (SSSR count). The van der Waals surface area contributed by atoms with Gasteiger partial charge in [-0.05, 0) is 17.7 Å². The van der Waals surface area contributed by atoms with Gasteiger partial charge in [0.05, 0.1) is 6.61 Å². The third kappa shape index (κ3) is 6.14. The van der Waals surface area contributed by atoms with Crippen molar-refractivity contribution >= 4 is 18.2 Å². The summed E-state index contributed by atoms with van der Waals surface area (Å²) in [7, 11) is 0. The summed E-state index contributed by atoms with van der Waals surface area (Å²) in [6.07, 6.45) is 1.61. The van der Waals surface area contributed by atoms with E-state index in [9.17, 15) is 4.79 Å². The van der Waals surface area contributed by atoms with Gasteiger partial charge in [0.2, 0.25) is 6.41 Å². The fourth-order valence-electron chi connectivity index (χ4n) is 1.13. The highest BCUT2D eigenvalue weighted by atomic mass is 32.2. The van der Waals surface area contributed by atoms with E-state index >= 15 is 0 Å². The molecule has 0 bridgehead atoms. The molecule has 1 aromatic carbocycles. The second-order valence-electron chi connectivity index (χ2n) is 2.93. The number of benzene rings is 1. The molecule has 3 nitrogen and oxygen atoms in total. The highest BCUT2D eigenvalue weighted by Gasteiger charge is 1.92.